The molecule has 5 nitrogen and oxygen atoms in total. The second-order valence-electron chi connectivity index (χ2n) is 6.06. The molecule has 1 heterocycles. The Morgan fingerprint density at radius 1 is 1.29 bits per heavy atom. The predicted octanol–water partition coefficient (Wildman–Crippen LogP) is 2.23. The fraction of sp³-hybridized carbons (Fsp3) is 0.867. The van der Waals surface area contributed by atoms with Crippen molar-refractivity contribution in [2.75, 3.05) is 6.54 Å². The minimum Gasteiger partial charge on any atom is -0.299 e. The average Bonchev–Trinajstić information content (AvgIpc) is 2.49. The second kappa shape index (κ2) is 6.89. The summed E-state index contributed by atoms with van der Waals surface area (Å²) in [6.45, 7) is 2.17. The summed E-state index contributed by atoms with van der Waals surface area (Å²) in [5.41, 5.74) is 0. The highest BCUT2D eigenvalue weighted by molar-refractivity contribution is 7.90. The van der Waals surface area contributed by atoms with Gasteiger partial charge in [0.25, 0.3) is 0 Å². The molecule has 0 radical (unpaired) electrons. The van der Waals surface area contributed by atoms with E-state index in [1.54, 1.807) is 6.92 Å². The summed E-state index contributed by atoms with van der Waals surface area (Å²) < 4.78 is 26.9. The number of piperidine rings is 1. The van der Waals surface area contributed by atoms with Crippen molar-refractivity contribution in [3.63, 3.8) is 0 Å². The van der Waals surface area contributed by atoms with Gasteiger partial charge in [0.2, 0.25) is 10.0 Å². The van der Waals surface area contributed by atoms with Gasteiger partial charge in [0, 0.05) is 24.9 Å². The van der Waals surface area contributed by atoms with Crippen LogP contribution in [-0.2, 0) is 14.8 Å². The van der Waals surface area contributed by atoms with E-state index in [9.17, 15) is 13.2 Å². The van der Waals surface area contributed by atoms with Gasteiger partial charge in [-0.2, -0.15) is 9.57 Å². The topological polar surface area (TPSA) is 78.2 Å². The van der Waals surface area contributed by atoms with E-state index in [1.165, 1.54) is 4.31 Å². The lowest BCUT2D eigenvalue weighted by atomic mass is 9.80. The molecule has 2 fully saturated rings. The quantitative estimate of drug-likeness (QED) is 0.797. The summed E-state index contributed by atoms with van der Waals surface area (Å²) in [5, 5.41) is 8.13. The molecular formula is C15H24N2O3S. The molecule has 2 rings (SSSR count). The molecule has 6 heteroatoms. The molecule has 1 aliphatic heterocycles. The SMILES string of the molecule is CCC(C#N)S(=O)(=O)N1CCCCC1C1CCCCC1=O. The maximum absolute atomic E-state index is 12.7. The Kier molecular flexibility index (Phi) is 5.39. The van der Waals surface area contributed by atoms with Crippen LogP contribution in [0.25, 0.3) is 0 Å². The summed E-state index contributed by atoms with van der Waals surface area (Å²) in [6.07, 6.45) is 6.10. The molecule has 3 atom stereocenters. The van der Waals surface area contributed by atoms with Gasteiger partial charge in [-0.05, 0) is 32.1 Å². The third kappa shape index (κ3) is 3.29. The normalized spacial score (nSPS) is 29.8. The number of carbonyl (C=O) groups excluding carboxylic acids is 1. The Morgan fingerprint density at radius 3 is 2.62 bits per heavy atom. The van der Waals surface area contributed by atoms with Crippen LogP contribution in [0.4, 0.5) is 0 Å². The molecule has 0 spiro atoms. The van der Waals surface area contributed by atoms with E-state index < -0.39 is 15.3 Å². The van der Waals surface area contributed by atoms with E-state index >= 15 is 0 Å². The van der Waals surface area contributed by atoms with Crippen molar-refractivity contribution in [2.45, 2.75) is 69.6 Å². The van der Waals surface area contributed by atoms with Crippen LogP contribution in [0, 0.1) is 17.2 Å². The lowest BCUT2D eigenvalue weighted by Crippen LogP contribution is -2.52. The Morgan fingerprint density at radius 2 is 2.00 bits per heavy atom. The zero-order chi connectivity index (χ0) is 15.5. The number of ketones is 1. The van der Waals surface area contributed by atoms with Crippen LogP contribution in [0.1, 0.15) is 58.3 Å². The van der Waals surface area contributed by atoms with Crippen LogP contribution < -0.4 is 0 Å². The monoisotopic (exact) mass is 312 g/mol. The molecule has 1 aliphatic carbocycles. The van der Waals surface area contributed by atoms with Crippen molar-refractivity contribution in [1.29, 1.82) is 5.26 Å². The summed E-state index contributed by atoms with van der Waals surface area (Å²) in [4.78, 5) is 12.2. The van der Waals surface area contributed by atoms with Crippen molar-refractivity contribution < 1.29 is 13.2 Å². The molecule has 0 bridgehead atoms. The van der Waals surface area contributed by atoms with Crippen LogP contribution in [-0.4, -0.2) is 36.3 Å². The number of hydrogen-bond donors (Lipinski definition) is 0. The predicted molar refractivity (Wildman–Crippen MR) is 79.9 cm³/mol. The lowest BCUT2D eigenvalue weighted by molar-refractivity contribution is -0.126. The zero-order valence-corrected chi connectivity index (χ0v) is 13.4. The smallest absolute Gasteiger partial charge is 0.230 e. The number of nitriles is 1. The van der Waals surface area contributed by atoms with Gasteiger partial charge in [0.15, 0.2) is 5.25 Å². The van der Waals surface area contributed by atoms with E-state index in [-0.39, 0.29) is 17.7 Å². The van der Waals surface area contributed by atoms with Gasteiger partial charge in [0.1, 0.15) is 5.78 Å². The molecule has 2 aliphatic rings. The van der Waals surface area contributed by atoms with Gasteiger partial charge in [-0.1, -0.05) is 19.8 Å². The fourth-order valence-corrected chi connectivity index (χ4v) is 5.49. The molecular weight excluding hydrogens is 288 g/mol. The molecule has 3 unspecified atom stereocenters. The van der Waals surface area contributed by atoms with E-state index in [0.717, 1.165) is 38.5 Å². The number of carbonyl (C=O) groups is 1. The Balaban J connectivity index is 2.27. The number of hydrogen-bond acceptors (Lipinski definition) is 4. The van der Waals surface area contributed by atoms with Crippen LogP contribution in [0.3, 0.4) is 0 Å². The van der Waals surface area contributed by atoms with Crippen molar-refractivity contribution in [3.8, 4) is 6.07 Å². The van der Waals surface area contributed by atoms with Gasteiger partial charge >= 0.3 is 0 Å². The molecule has 0 aromatic carbocycles. The van der Waals surface area contributed by atoms with Gasteiger partial charge in [0.05, 0.1) is 6.07 Å². The number of Topliss-reactive ketones (excluding diaryl/α,β-unsaturated/α-hetero) is 1. The van der Waals surface area contributed by atoms with E-state index in [0.29, 0.717) is 19.4 Å². The van der Waals surface area contributed by atoms with Crippen LogP contribution >= 0.6 is 0 Å². The van der Waals surface area contributed by atoms with Crippen molar-refractivity contribution >= 4 is 15.8 Å². The highest BCUT2D eigenvalue weighted by Gasteiger charge is 2.42. The van der Waals surface area contributed by atoms with Gasteiger partial charge in [-0.15, -0.1) is 0 Å². The molecule has 118 valence electrons. The molecule has 0 amide bonds. The van der Waals surface area contributed by atoms with Crippen molar-refractivity contribution in [3.05, 3.63) is 0 Å². The van der Waals surface area contributed by atoms with E-state index in [1.807, 2.05) is 6.07 Å². The summed E-state index contributed by atoms with van der Waals surface area (Å²) >= 11 is 0. The van der Waals surface area contributed by atoms with Gasteiger partial charge in [-0.25, -0.2) is 8.42 Å². The Bertz CT molecular complexity index is 524. The summed E-state index contributed by atoms with van der Waals surface area (Å²) in [6, 6.07) is 1.69. The largest absolute Gasteiger partial charge is 0.299 e. The Labute approximate surface area is 127 Å². The molecule has 1 saturated heterocycles. The lowest BCUT2D eigenvalue weighted by Gasteiger charge is -2.40. The summed E-state index contributed by atoms with van der Waals surface area (Å²) in [7, 11) is -3.63. The first-order valence-corrected chi connectivity index (χ1v) is 9.45. The first kappa shape index (κ1) is 16.4. The molecule has 1 saturated carbocycles. The standard InChI is InChI=1S/C15H24N2O3S/c1-2-12(11-16)21(19,20)17-10-6-5-8-14(17)13-7-3-4-9-15(13)18/h12-14H,2-10H2,1H3. The maximum atomic E-state index is 12.7. The van der Waals surface area contributed by atoms with Crippen LogP contribution in [0.5, 0.6) is 0 Å². The first-order chi connectivity index (χ1) is 10.0. The number of nitrogens with zero attached hydrogens (tertiary/aromatic N) is 2. The van der Waals surface area contributed by atoms with Crippen molar-refractivity contribution in [1.82, 2.24) is 4.31 Å². The van der Waals surface area contributed by atoms with Gasteiger partial charge in [-0.3, -0.25) is 4.79 Å². The molecule has 0 N–H and O–H groups in total. The number of rotatable bonds is 4. The van der Waals surface area contributed by atoms with Crippen molar-refractivity contribution in [2.24, 2.45) is 5.92 Å². The van der Waals surface area contributed by atoms with Crippen LogP contribution in [0.2, 0.25) is 0 Å². The second-order valence-corrected chi connectivity index (χ2v) is 8.13. The highest BCUT2D eigenvalue weighted by Crippen LogP contribution is 2.34. The minimum atomic E-state index is -3.63. The minimum absolute atomic E-state index is 0.162. The van der Waals surface area contributed by atoms with Crippen LogP contribution in [0.15, 0.2) is 0 Å². The molecule has 0 aromatic heterocycles. The van der Waals surface area contributed by atoms with Gasteiger partial charge < -0.3 is 0 Å². The van der Waals surface area contributed by atoms with E-state index in [4.69, 9.17) is 5.26 Å². The maximum Gasteiger partial charge on any atom is 0.230 e. The first-order valence-electron chi connectivity index (χ1n) is 7.95. The third-order valence-corrected chi connectivity index (χ3v) is 7.03. The highest BCUT2D eigenvalue weighted by atomic mass is 32.2. The zero-order valence-electron chi connectivity index (χ0n) is 12.6. The summed E-state index contributed by atoms with van der Waals surface area (Å²) in [5.74, 6) is 0.0448. The molecule has 0 aromatic rings. The fourth-order valence-electron chi connectivity index (χ4n) is 3.60. The number of sulfonamides is 1. The average molecular weight is 312 g/mol. The molecule has 21 heavy (non-hydrogen) atoms. The Hall–Kier alpha value is -0.930. The van der Waals surface area contributed by atoms with E-state index in [2.05, 4.69) is 0 Å². The third-order valence-electron chi connectivity index (χ3n) is 4.77.